The third kappa shape index (κ3) is 4.29. The summed E-state index contributed by atoms with van der Waals surface area (Å²) in [6, 6.07) is 0. The van der Waals surface area contributed by atoms with Crippen molar-refractivity contribution in [2.24, 2.45) is 5.41 Å². The molecule has 0 aromatic rings. The highest BCUT2D eigenvalue weighted by atomic mass is 16.6. The SMILES string of the molecule is CCOC(=O)C(C)(CO)COC(=O)CC. The summed E-state index contributed by atoms with van der Waals surface area (Å²) in [4.78, 5) is 22.3. The van der Waals surface area contributed by atoms with Gasteiger partial charge in [-0.1, -0.05) is 6.92 Å². The van der Waals surface area contributed by atoms with E-state index in [0.29, 0.717) is 0 Å². The summed E-state index contributed by atoms with van der Waals surface area (Å²) >= 11 is 0. The first-order chi connectivity index (χ1) is 7.00. The third-order valence-electron chi connectivity index (χ3n) is 1.96. The molecule has 0 aliphatic heterocycles. The Morgan fingerprint density at radius 3 is 2.27 bits per heavy atom. The van der Waals surface area contributed by atoms with Gasteiger partial charge in [0.1, 0.15) is 12.0 Å². The average Bonchev–Trinajstić information content (AvgIpc) is 2.25. The van der Waals surface area contributed by atoms with Crippen LogP contribution in [0, 0.1) is 5.41 Å². The van der Waals surface area contributed by atoms with Crippen molar-refractivity contribution in [3.8, 4) is 0 Å². The minimum absolute atomic E-state index is 0.158. The summed E-state index contributed by atoms with van der Waals surface area (Å²) in [7, 11) is 0. The van der Waals surface area contributed by atoms with E-state index in [1.54, 1.807) is 13.8 Å². The van der Waals surface area contributed by atoms with Gasteiger partial charge in [-0.25, -0.2) is 0 Å². The lowest BCUT2D eigenvalue weighted by Crippen LogP contribution is -2.38. The van der Waals surface area contributed by atoms with E-state index in [-0.39, 0.29) is 19.6 Å². The van der Waals surface area contributed by atoms with Gasteiger partial charge in [0.15, 0.2) is 0 Å². The van der Waals surface area contributed by atoms with Crippen molar-refractivity contribution >= 4 is 11.9 Å². The van der Waals surface area contributed by atoms with Gasteiger partial charge in [-0.2, -0.15) is 0 Å². The second-order valence-electron chi connectivity index (χ2n) is 3.45. The summed E-state index contributed by atoms with van der Waals surface area (Å²) in [6.07, 6.45) is 0.240. The molecule has 0 rings (SSSR count). The molecule has 15 heavy (non-hydrogen) atoms. The minimum Gasteiger partial charge on any atom is -0.465 e. The van der Waals surface area contributed by atoms with Crippen LogP contribution >= 0.6 is 0 Å². The van der Waals surface area contributed by atoms with E-state index in [1.165, 1.54) is 6.92 Å². The van der Waals surface area contributed by atoms with Crippen LogP contribution in [0.1, 0.15) is 27.2 Å². The van der Waals surface area contributed by atoms with Crippen molar-refractivity contribution in [2.45, 2.75) is 27.2 Å². The molecule has 5 nitrogen and oxygen atoms in total. The first kappa shape index (κ1) is 13.9. The molecule has 0 aliphatic rings. The van der Waals surface area contributed by atoms with Gasteiger partial charge in [0.25, 0.3) is 0 Å². The Balaban J connectivity index is 4.30. The van der Waals surface area contributed by atoms with Crippen LogP contribution in [0.5, 0.6) is 0 Å². The molecule has 88 valence electrons. The highest BCUT2D eigenvalue weighted by molar-refractivity contribution is 5.77. The van der Waals surface area contributed by atoms with E-state index in [0.717, 1.165) is 0 Å². The molecule has 1 unspecified atom stereocenters. The van der Waals surface area contributed by atoms with Crippen molar-refractivity contribution in [1.82, 2.24) is 0 Å². The zero-order valence-corrected chi connectivity index (χ0v) is 9.41. The van der Waals surface area contributed by atoms with E-state index < -0.39 is 24.0 Å². The molecule has 0 amide bonds. The summed E-state index contributed by atoms with van der Waals surface area (Å²) in [6.45, 7) is 4.48. The van der Waals surface area contributed by atoms with E-state index in [2.05, 4.69) is 0 Å². The number of carbonyl (C=O) groups is 2. The number of carbonyl (C=O) groups excluding carboxylic acids is 2. The number of ether oxygens (including phenoxy) is 2. The Morgan fingerprint density at radius 1 is 1.27 bits per heavy atom. The topological polar surface area (TPSA) is 72.8 Å². The molecular formula is C10H18O5. The van der Waals surface area contributed by atoms with Crippen molar-refractivity contribution in [1.29, 1.82) is 0 Å². The minimum atomic E-state index is -1.17. The molecule has 0 bridgehead atoms. The molecule has 0 heterocycles. The zero-order valence-electron chi connectivity index (χ0n) is 9.41. The van der Waals surface area contributed by atoms with Crippen LogP contribution < -0.4 is 0 Å². The van der Waals surface area contributed by atoms with Gasteiger partial charge in [-0.05, 0) is 13.8 Å². The number of aliphatic hydroxyl groups excluding tert-OH is 1. The first-order valence-corrected chi connectivity index (χ1v) is 4.93. The van der Waals surface area contributed by atoms with Gasteiger partial charge in [-0.3, -0.25) is 9.59 Å². The van der Waals surface area contributed by atoms with Crippen LogP contribution in [-0.4, -0.2) is 36.9 Å². The van der Waals surface area contributed by atoms with E-state index in [4.69, 9.17) is 14.6 Å². The molecule has 0 aromatic carbocycles. The second-order valence-corrected chi connectivity index (χ2v) is 3.45. The standard InChI is InChI=1S/C10H18O5/c1-4-8(12)15-7-10(3,6-11)9(13)14-5-2/h11H,4-7H2,1-3H3. The van der Waals surface area contributed by atoms with Crippen molar-refractivity contribution in [2.75, 3.05) is 19.8 Å². The molecule has 5 heteroatoms. The molecule has 1 N–H and O–H groups in total. The Hall–Kier alpha value is -1.10. The van der Waals surface area contributed by atoms with Crippen LogP contribution in [0.2, 0.25) is 0 Å². The predicted octanol–water partition coefficient (Wildman–Crippen LogP) is 0.501. The summed E-state index contributed by atoms with van der Waals surface area (Å²) in [5.41, 5.74) is -1.17. The molecule has 0 aromatic heterocycles. The number of aliphatic hydroxyl groups is 1. The fourth-order valence-electron chi connectivity index (χ4n) is 0.816. The smallest absolute Gasteiger partial charge is 0.317 e. The maximum absolute atomic E-state index is 11.4. The lowest BCUT2D eigenvalue weighted by molar-refractivity contribution is -0.165. The van der Waals surface area contributed by atoms with Crippen LogP contribution in [-0.2, 0) is 19.1 Å². The van der Waals surface area contributed by atoms with Gasteiger partial charge in [-0.15, -0.1) is 0 Å². The van der Waals surface area contributed by atoms with Crippen molar-refractivity contribution in [3.05, 3.63) is 0 Å². The first-order valence-electron chi connectivity index (χ1n) is 4.93. The second kappa shape index (κ2) is 6.40. The van der Waals surface area contributed by atoms with Gasteiger partial charge in [0.2, 0.25) is 0 Å². The lowest BCUT2D eigenvalue weighted by Gasteiger charge is -2.23. The normalized spacial score (nSPS) is 14.1. The van der Waals surface area contributed by atoms with Crippen LogP contribution in [0.4, 0.5) is 0 Å². The third-order valence-corrected chi connectivity index (χ3v) is 1.96. The van der Waals surface area contributed by atoms with Gasteiger partial charge in [0, 0.05) is 6.42 Å². The Labute approximate surface area is 89.4 Å². The molecule has 0 saturated heterocycles. The van der Waals surface area contributed by atoms with Crippen LogP contribution in [0.3, 0.4) is 0 Å². The van der Waals surface area contributed by atoms with Gasteiger partial charge in [0.05, 0.1) is 13.2 Å². The molecule has 0 spiro atoms. The fourth-order valence-corrected chi connectivity index (χ4v) is 0.816. The Bertz CT molecular complexity index is 226. The predicted molar refractivity (Wildman–Crippen MR) is 53.1 cm³/mol. The maximum atomic E-state index is 11.4. The Morgan fingerprint density at radius 2 is 1.87 bits per heavy atom. The molecule has 1 atom stereocenters. The largest absolute Gasteiger partial charge is 0.465 e. The Kier molecular flexibility index (Phi) is 5.93. The lowest BCUT2D eigenvalue weighted by atomic mass is 9.93. The van der Waals surface area contributed by atoms with Crippen LogP contribution in [0.25, 0.3) is 0 Å². The van der Waals surface area contributed by atoms with Gasteiger partial charge >= 0.3 is 11.9 Å². The summed E-state index contributed by atoms with van der Waals surface area (Å²) in [5.74, 6) is -0.963. The van der Waals surface area contributed by atoms with E-state index in [9.17, 15) is 9.59 Å². The summed E-state index contributed by atoms with van der Waals surface area (Å²) in [5, 5.41) is 9.08. The highest BCUT2D eigenvalue weighted by Gasteiger charge is 2.35. The van der Waals surface area contributed by atoms with Crippen LogP contribution in [0.15, 0.2) is 0 Å². The van der Waals surface area contributed by atoms with Crippen molar-refractivity contribution < 1.29 is 24.2 Å². The molecule has 0 saturated carbocycles. The number of hydrogen-bond acceptors (Lipinski definition) is 5. The molecule has 0 fully saturated rings. The molecule has 0 aliphatic carbocycles. The monoisotopic (exact) mass is 218 g/mol. The molecular weight excluding hydrogens is 200 g/mol. The maximum Gasteiger partial charge on any atom is 0.317 e. The average molecular weight is 218 g/mol. The number of rotatable bonds is 6. The van der Waals surface area contributed by atoms with Crippen molar-refractivity contribution in [3.63, 3.8) is 0 Å². The van der Waals surface area contributed by atoms with Gasteiger partial charge < -0.3 is 14.6 Å². The van der Waals surface area contributed by atoms with E-state index >= 15 is 0 Å². The zero-order chi connectivity index (χ0) is 11.9. The number of esters is 2. The summed E-state index contributed by atoms with van der Waals surface area (Å²) < 4.78 is 9.59. The number of hydrogen-bond donors (Lipinski definition) is 1. The van der Waals surface area contributed by atoms with E-state index in [1.807, 2.05) is 0 Å². The molecule has 0 radical (unpaired) electrons. The highest BCUT2D eigenvalue weighted by Crippen LogP contribution is 2.18. The quantitative estimate of drug-likeness (QED) is 0.657. The fraction of sp³-hybridized carbons (Fsp3) is 0.800.